The van der Waals surface area contributed by atoms with Crippen molar-refractivity contribution in [2.45, 2.75) is 58.8 Å². The maximum Gasteiger partial charge on any atom is 0.0270 e. The highest BCUT2D eigenvalue weighted by Crippen LogP contribution is 2.05. The van der Waals surface area contributed by atoms with Gasteiger partial charge in [-0.25, -0.2) is 0 Å². The van der Waals surface area contributed by atoms with E-state index in [4.69, 9.17) is 0 Å². The zero-order chi connectivity index (χ0) is 15.2. The number of hydrogen-bond donors (Lipinski definition) is 0. The fraction of sp³-hybridized carbons (Fsp3) is 0.450. The van der Waals surface area contributed by atoms with Crippen molar-refractivity contribution in [1.29, 1.82) is 0 Å². The Bertz CT molecular complexity index is 436. The van der Waals surface area contributed by atoms with Crippen molar-refractivity contribution in [3.63, 3.8) is 0 Å². The monoisotopic (exact) mass is 283 g/mol. The lowest BCUT2D eigenvalue weighted by molar-refractivity contribution is 0.717. The van der Waals surface area contributed by atoms with Crippen molar-refractivity contribution in [2.75, 3.05) is 0 Å². The number of nitrogens with zero attached hydrogens (tertiary/aromatic N) is 1. The predicted molar refractivity (Wildman–Crippen MR) is 92.5 cm³/mol. The molecule has 0 saturated heterocycles. The van der Waals surface area contributed by atoms with Crippen molar-refractivity contribution in [2.24, 2.45) is 0 Å². The van der Waals surface area contributed by atoms with Gasteiger partial charge in [-0.1, -0.05) is 63.4 Å². The molecule has 0 radical (unpaired) electrons. The summed E-state index contributed by atoms with van der Waals surface area (Å²) >= 11 is 0. The van der Waals surface area contributed by atoms with Crippen molar-refractivity contribution < 1.29 is 0 Å². The number of aromatic nitrogens is 1. The Labute approximate surface area is 130 Å². The zero-order valence-corrected chi connectivity index (χ0v) is 13.6. The molecule has 0 bridgehead atoms. The highest BCUT2D eigenvalue weighted by molar-refractivity contribution is 5.14. The summed E-state index contributed by atoms with van der Waals surface area (Å²) in [4.78, 5) is 3.95. The largest absolute Gasteiger partial charge is 0.265 e. The molecule has 0 aliphatic carbocycles. The fourth-order valence-electron chi connectivity index (χ4n) is 2.15. The average Bonchev–Trinajstić information content (AvgIpc) is 2.56. The van der Waals surface area contributed by atoms with Crippen LogP contribution >= 0.6 is 0 Å². The van der Waals surface area contributed by atoms with E-state index in [1.807, 2.05) is 12.4 Å². The highest BCUT2D eigenvalue weighted by Gasteiger charge is 1.89. The first kappa shape index (κ1) is 17.4. The van der Waals surface area contributed by atoms with E-state index in [2.05, 4.69) is 61.3 Å². The van der Waals surface area contributed by atoms with Gasteiger partial charge in [-0.15, -0.1) is 0 Å². The Hall–Kier alpha value is -1.63. The van der Waals surface area contributed by atoms with Crippen molar-refractivity contribution >= 4 is 0 Å². The number of hydrogen-bond acceptors (Lipinski definition) is 1. The smallest absolute Gasteiger partial charge is 0.0270 e. The Morgan fingerprint density at radius 1 is 0.667 bits per heavy atom. The molecule has 0 saturated carbocycles. The van der Waals surface area contributed by atoms with E-state index >= 15 is 0 Å². The van der Waals surface area contributed by atoms with Gasteiger partial charge in [0, 0.05) is 12.4 Å². The van der Waals surface area contributed by atoms with Gasteiger partial charge in [0.1, 0.15) is 0 Å². The summed E-state index contributed by atoms with van der Waals surface area (Å²) in [5.41, 5.74) is 2.87. The molecule has 1 heteroatoms. The summed E-state index contributed by atoms with van der Waals surface area (Å²) < 4.78 is 0. The van der Waals surface area contributed by atoms with E-state index in [0.717, 1.165) is 0 Å². The second-order valence-electron chi connectivity index (χ2n) is 5.40. The molecular formula is C20H29N. The van der Waals surface area contributed by atoms with E-state index in [1.54, 1.807) is 0 Å². The Kier molecular flexibility index (Phi) is 10.1. The highest BCUT2D eigenvalue weighted by atomic mass is 14.6. The van der Waals surface area contributed by atoms with Crippen LogP contribution in [-0.4, -0.2) is 4.98 Å². The molecule has 114 valence electrons. The normalized spacial score (nSPS) is 9.81. The van der Waals surface area contributed by atoms with Gasteiger partial charge in [-0.3, -0.25) is 4.98 Å². The number of benzene rings is 1. The molecule has 1 heterocycles. The number of aryl methyl sites for hydroxylation is 2. The Morgan fingerprint density at radius 3 is 1.86 bits per heavy atom. The van der Waals surface area contributed by atoms with Crippen LogP contribution in [0.1, 0.15) is 57.1 Å². The van der Waals surface area contributed by atoms with E-state index in [1.165, 1.54) is 56.1 Å². The summed E-state index contributed by atoms with van der Waals surface area (Å²) in [6, 6.07) is 14.9. The standard InChI is InChI=1S/C11H16.C9H13N/c1-2-3-5-8-11-9-6-4-7-10-11;1-2-3-4-9-5-7-10-8-6-9/h4,6-7,9-10H,2-3,5,8H2,1H3;5-8H,2-4H2,1H3. The molecule has 21 heavy (non-hydrogen) atoms. The van der Waals surface area contributed by atoms with Crippen LogP contribution in [0.15, 0.2) is 54.9 Å². The van der Waals surface area contributed by atoms with Gasteiger partial charge < -0.3 is 0 Å². The van der Waals surface area contributed by atoms with Crippen molar-refractivity contribution in [3.05, 3.63) is 66.0 Å². The maximum atomic E-state index is 3.95. The van der Waals surface area contributed by atoms with Gasteiger partial charge in [0.25, 0.3) is 0 Å². The van der Waals surface area contributed by atoms with Crippen LogP contribution < -0.4 is 0 Å². The zero-order valence-electron chi connectivity index (χ0n) is 13.6. The predicted octanol–water partition coefficient (Wildman–Crippen LogP) is 5.84. The topological polar surface area (TPSA) is 12.9 Å². The van der Waals surface area contributed by atoms with Crippen molar-refractivity contribution in [3.8, 4) is 0 Å². The van der Waals surface area contributed by atoms with Gasteiger partial charge in [0.05, 0.1) is 0 Å². The maximum absolute atomic E-state index is 3.95. The SMILES string of the molecule is CCCCCc1ccccc1.CCCCc1ccncc1. The lowest BCUT2D eigenvalue weighted by Gasteiger charge is -1.98. The number of rotatable bonds is 7. The van der Waals surface area contributed by atoms with E-state index in [9.17, 15) is 0 Å². The fourth-order valence-corrected chi connectivity index (χ4v) is 2.15. The third-order valence-electron chi connectivity index (χ3n) is 3.48. The molecule has 1 nitrogen and oxygen atoms in total. The van der Waals surface area contributed by atoms with Gasteiger partial charge in [0.2, 0.25) is 0 Å². The Balaban J connectivity index is 0.000000211. The Morgan fingerprint density at radius 2 is 1.24 bits per heavy atom. The summed E-state index contributed by atoms with van der Waals surface area (Å²) in [5, 5.41) is 0. The van der Waals surface area contributed by atoms with Crippen LogP contribution in [0, 0.1) is 0 Å². The molecule has 0 unspecified atom stereocenters. The molecular weight excluding hydrogens is 254 g/mol. The first-order chi connectivity index (χ1) is 10.4. The van der Waals surface area contributed by atoms with Gasteiger partial charge in [-0.2, -0.15) is 0 Å². The number of pyridine rings is 1. The summed E-state index contributed by atoms with van der Waals surface area (Å²) in [6.45, 7) is 4.45. The minimum atomic E-state index is 1.19. The second kappa shape index (κ2) is 12.1. The molecule has 2 aromatic rings. The van der Waals surface area contributed by atoms with E-state index in [-0.39, 0.29) is 0 Å². The summed E-state index contributed by atoms with van der Waals surface area (Å²) in [5.74, 6) is 0. The van der Waals surface area contributed by atoms with Gasteiger partial charge in [0.15, 0.2) is 0 Å². The molecule has 0 spiro atoms. The van der Waals surface area contributed by atoms with Gasteiger partial charge >= 0.3 is 0 Å². The molecule has 1 aromatic heterocycles. The molecule has 1 aromatic carbocycles. The molecule has 0 atom stereocenters. The lowest BCUT2D eigenvalue weighted by atomic mass is 10.1. The van der Waals surface area contributed by atoms with Gasteiger partial charge in [-0.05, 0) is 48.9 Å². The molecule has 2 rings (SSSR count). The lowest BCUT2D eigenvalue weighted by Crippen LogP contribution is -1.83. The van der Waals surface area contributed by atoms with Crippen LogP contribution in [0.2, 0.25) is 0 Å². The second-order valence-corrected chi connectivity index (χ2v) is 5.40. The quantitative estimate of drug-likeness (QED) is 0.581. The minimum absolute atomic E-state index is 1.19. The third-order valence-corrected chi connectivity index (χ3v) is 3.48. The molecule has 0 aliphatic heterocycles. The van der Waals surface area contributed by atoms with Crippen LogP contribution in [-0.2, 0) is 12.8 Å². The summed E-state index contributed by atoms with van der Waals surface area (Å²) in [7, 11) is 0. The molecule has 0 amide bonds. The van der Waals surface area contributed by atoms with Crippen LogP contribution in [0.25, 0.3) is 0 Å². The molecule has 0 aliphatic rings. The summed E-state index contributed by atoms with van der Waals surface area (Å²) in [6.07, 6.45) is 12.7. The minimum Gasteiger partial charge on any atom is -0.265 e. The first-order valence-electron chi connectivity index (χ1n) is 8.29. The molecule has 0 N–H and O–H groups in total. The number of unbranched alkanes of at least 4 members (excludes halogenated alkanes) is 3. The van der Waals surface area contributed by atoms with Crippen molar-refractivity contribution in [1.82, 2.24) is 4.98 Å². The third kappa shape index (κ3) is 9.01. The first-order valence-corrected chi connectivity index (χ1v) is 8.29. The van der Waals surface area contributed by atoms with Crippen LogP contribution in [0.5, 0.6) is 0 Å². The van der Waals surface area contributed by atoms with Crippen LogP contribution in [0.4, 0.5) is 0 Å². The average molecular weight is 283 g/mol. The molecule has 0 fully saturated rings. The van der Waals surface area contributed by atoms with Crippen LogP contribution in [0.3, 0.4) is 0 Å². The van der Waals surface area contributed by atoms with E-state index in [0.29, 0.717) is 0 Å². The van der Waals surface area contributed by atoms with E-state index < -0.39 is 0 Å².